The molecule has 0 aromatic heterocycles. The average Bonchev–Trinajstić information content (AvgIpc) is 2.12. The van der Waals surface area contributed by atoms with Crippen molar-refractivity contribution in [3.05, 3.63) is 0 Å². The van der Waals surface area contributed by atoms with Gasteiger partial charge in [-0.25, -0.2) is 4.79 Å². The highest BCUT2D eigenvalue weighted by molar-refractivity contribution is 5.74. The predicted molar refractivity (Wildman–Crippen MR) is 65.9 cm³/mol. The molecule has 0 bridgehead atoms. The Labute approximate surface area is 103 Å². The molecule has 0 saturated heterocycles. The molecule has 17 heavy (non-hydrogen) atoms. The van der Waals surface area contributed by atoms with Gasteiger partial charge in [0, 0.05) is 6.04 Å². The zero-order valence-corrected chi connectivity index (χ0v) is 11.2. The summed E-state index contributed by atoms with van der Waals surface area (Å²) in [4.78, 5) is 24.8. The Morgan fingerprint density at radius 3 is 2.35 bits per heavy atom. The topological polar surface area (TPSA) is 46.6 Å². The van der Waals surface area contributed by atoms with Crippen LogP contribution in [0.5, 0.6) is 0 Å². The number of amides is 1. The van der Waals surface area contributed by atoms with Gasteiger partial charge in [-0.3, -0.25) is 4.90 Å². The highest BCUT2D eigenvalue weighted by Crippen LogP contribution is 2.28. The van der Waals surface area contributed by atoms with Crippen LogP contribution in [0.1, 0.15) is 53.4 Å². The minimum Gasteiger partial charge on any atom is -0.444 e. The number of carbonyl (C=O) groups excluding carboxylic acids is 2. The molecule has 0 aliphatic heterocycles. The summed E-state index contributed by atoms with van der Waals surface area (Å²) in [5.74, 6) is 0. The van der Waals surface area contributed by atoms with Gasteiger partial charge in [-0.1, -0.05) is 6.92 Å². The molecule has 1 aliphatic carbocycles. The van der Waals surface area contributed by atoms with Crippen molar-refractivity contribution >= 4 is 12.4 Å². The molecular formula is C13H23NO3. The van der Waals surface area contributed by atoms with Gasteiger partial charge in [-0.2, -0.15) is 0 Å². The molecule has 0 aromatic carbocycles. The molecule has 1 rings (SSSR count). The van der Waals surface area contributed by atoms with Crippen LogP contribution in [0.25, 0.3) is 0 Å². The number of rotatable bonds is 4. The van der Waals surface area contributed by atoms with Crippen LogP contribution in [-0.4, -0.2) is 35.0 Å². The molecular weight excluding hydrogens is 218 g/mol. The van der Waals surface area contributed by atoms with Gasteiger partial charge >= 0.3 is 6.09 Å². The Bertz CT molecular complexity index is 279. The largest absolute Gasteiger partial charge is 0.444 e. The van der Waals surface area contributed by atoms with E-state index < -0.39 is 5.60 Å². The molecule has 4 nitrogen and oxygen atoms in total. The van der Waals surface area contributed by atoms with Gasteiger partial charge < -0.3 is 9.53 Å². The van der Waals surface area contributed by atoms with Crippen LogP contribution in [0.4, 0.5) is 4.79 Å². The molecule has 1 saturated carbocycles. The van der Waals surface area contributed by atoms with Crippen LogP contribution < -0.4 is 0 Å². The normalized spacial score (nSPS) is 18.1. The van der Waals surface area contributed by atoms with Gasteiger partial charge in [-0.15, -0.1) is 0 Å². The molecule has 0 N–H and O–H groups in total. The van der Waals surface area contributed by atoms with Crippen LogP contribution in [0.3, 0.4) is 0 Å². The van der Waals surface area contributed by atoms with Gasteiger partial charge in [0.1, 0.15) is 11.9 Å². The first kappa shape index (κ1) is 14.0. The standard InChI is InChI=1S/C13H23NO3/c1-5-10(9-15)14(11-7-6-8-11)12(16)17-13(2,3)4/h9-11H,5-8H2,1-4H3. The van der Waals surface area contributed by atoms with E-state index in [0.717, 1.165) is 25.5 Å². The van der Waals surface area contributed by atoms with Gasteiger partial charge in [0.05, 0.1) is 6.04 Å². The Balaban J connectivity index is 2.74. The van der Waals surface area contributed by atoms with Crippen LogP contribution >= 0.6 is 0 Å². The summed E-state index contributed by atoms with van der Waals surface area (Å²) in [7, 11) is 0. The van der Waals surface area contributed by atoms with E-state index >= 15 is 0 Å². The number of ether oxygens (including phenoxy) is 1. The van der Waals surface area contributed by atoms with Gasteiger partial charge in [0.15, 0.2) is 0 Å². The molecule has 0 radical (unpaired) electrons. The molecule has 98 valence electrons. The second-order valence-electron chi connectivity index (χ2n) is 5.58. The molecule has 0 aromatic rings. The lowest BCUT2D eigenvalue weighted by molar-refractivity contribution is -0.114. The fourth-order valence-electron chi connectivity index (χ4n) is 1.89. The van der Waals surface area contributed by atoms with Gasteiger partial charge in [0.25, 0.3) is 0 Å². The van der Waals surface area contributed by atoms with Crippen molar-refractivity contribution in [2.45, 2.75) is 71.1 Å². The Kier molecular flexibility index (Phi) is 4.54. The summed E-state index contributed by atoms with van der Waals surface area (Å²) in [6.45, 7) is 7.43. The monoisotopic (exact) mass is 241 g/mol. The summed E-state index contributed by atoms with van der Waals surface area (Å²) in [6, 6.07) is -0.171. The second kappa shape index (κ2) is 5.52. The smallest absolute Gasteiger partial charge is 0.411 e. The van der Waals surface area contributed by atoms with Crippen molar-refractivity contribution in [1.29, 1.82) is 0 Å². The summed E-state index contributed by atoms with van der Waals surface area (Å²) in [5, 5.41) is 0. The summed E-state index contributed by atoms with van der Waals surface area (Å²) < 4.78 is 5.37. The number of hydrogen-bond acceptors (Lipinski definition) is 3. The molecule has 1 aliphatic rings. The third kappa shape index (κ3) is 3.72. The van der Waals surface area contributed by atoms with Crippen LogP contribution in [0.15, 0.2) is 0 Å². The highest BCUT2D eigenvalue weighted by atomic mass is 16.6. The third-order valence-corrected chi connectivity index (χ3v) is 3.01. The lowest BCUT2D eigenvalue weighted by Crippen LogP contribution is -2.52. The highest BCUT2D eigenvalue weighted by Gasteiger charge is 2.35. The van der Waals surface area contributed by atoms with Crippen molar-refractivity contribution in [2.24, 2.45) is 0 Å². The van der Waals surface area contributed by atoms with E-state index in [0.29, 0.717) is 6.42 Å². The quantitative estimate of drug-likeness (QED) is 0.711. The van der Waals surface area contributed by atoms with Gasteiger partial charge in [-0.05, 0) is 46.5 Å². The molecule has 4 heteroatoms. The van der Waals surface area contributed by atoms with E-state index in [-0.39, 0.29) is 18.2 Å². The molecule has 0 heterocycles. The van der Waals surface area contributed by atoms with E-state index in [1.165, 1.54) is 0 Å². The van der Waals surface area contributed by atoms with E-state index in [1.54, 1.807) is 4.90 Å². The number of hydrogen-bond donors (Lipinski definition) is 0. The zero-order valence-electron chi connectivity index (χ0n) is 11.2. The maximum Gasteiger partial charge on any atom is 0.411 e. The maximum absolute atomic E-state index is 12.1. The molecule has 0 spiro atoms. The summed E-state index contributed by atoms with van der Waals surface area (Å²) >= 11 is 0. The number of carbonyl (C=O) groups is 2. The second-order valence-corrected chi connectivity index (χ2v) is 5.58. The van der Waals surface area contributed by atoms with E-state index in [2.05, 4.69) is 0 Å². The Morgan fingerprint density at radius 1 is 1.47 bits per heavy atom. The summed E-state index contributed by atoms with van der Waals surface area (Å²) in [6.07, 6.45) is 4.20. The molecule has 1 amide bonds. The lowest BCUT2D eigenvalue weighted by Gasteiger charge is -2.40. The fourth-order valence-corrected chi connectivity index (χ4v) is 1.89. The van der Waals surface area contributed by atoms with Crippen LogP contribution in [0, 0.1) is 0 Å². The molecule has 1 atom stereocenters. The van der Waals surface area contributed by atoms with Crippen molar-refractivity contribution in [3.63, 3.8) is 0 Å². The zero-order chi connectivity index (χ0) is 13.1. The lowest BCUT2D eigenvalue weighted by atomic mass is 9.90. The minimum atomic E-state index is -0.514. The summed E-state index contributed by atoms with van der Waals surface area (Å²) in [5.41, 5.74) is -0.514. The van der Waals surface area contributed by atoms with Crippen molar-refractivity contribution in [3.8, 4) is 0 Å². The van der Waals surface area contributed by atoms with E-state index in [1.807, 2.05) is 27.7 Å². The van der Waals surface area contributed by atoms with Crippen molar-refractivity contribution in [2.75, 3.05) is 0 Å². The SMILES string of the molecule is CCC(C=O)N(C(=O)OC(C)(C)C)C1CCC1. The van der Waals surface area contributed by atoms with Gasteiger partial charge in [0.2, 0.25) is 0 Å². The average molecular weight is 241 g/mol. The minimum absolute atomic E-state index is 0.181. The van der Waals surface area contributed by atoms with E-state index in [9.17, 15) is 9.59 Å². The molecule has 1 unspecified atom stereocenters. The first-order valence-corrected chi connectivity index (χ1v) is 6.35. The number of aldehydes is 1. The maximum atomic E-state index is 12.1. The fraction of sp³-hybridized carbons (Fsp3) is 0.846. The predicted octanol–water partition coefficient (Wildman–Crippen LogP) is 2.75. The Hall–Kier alpha value is -1.06. The van der Waals surface area contributed by atoms with E-state index in [4.69, 9.17) is 4.74 Å². The third-order valence-electron chi connectivity index (χ3n) is 3.01. The Morgan fingerprint density at radius 2 is 2.06 bits per heavy atom. The van der Waals surface area contributed by atoms with Crippen molar-refractivity contribution in [1.82, 2.24) is 4.90 Å². The number of nitrogens with zero attached hydrogens (tertiary/aromatic N) is 1. The first-order chi connectivity index (χ1) is 7.89. The van der Waals surface area contributed by atoms with Crippen molar-refractivity contribution < 1.29 is 14.3 Å². The van der Waals surface area contributed by atoms with Crippen LogP contribution in [0.2, 0.25) is 0 Å². The van der Waals surface area contributed by atoms with Crippen LogP contribution in [-0.2, 0) is 9.53 Å². The first-order valence-electron chi connectivity index (χ1n) is 6.35. The molecule has 1 fully saturated rings.